The zero-order valence-corrected chi connectivity index (χ0v) is 8.45. The van der Waals surface area contributed by atoms with E-state index in [1.54, 1.807) is 18.2 Å². The Hall–Kier alpha value is -1.30. The van der Waals surface area contributed by atoms with Crippen LogP contribution >= 0.6 is 12.2 Å². The fourth-order valence-corrected chi connectivity index (χ4v) is 1.23. The molecular formula is C9H9F3N2S. The average Bonchev–Trinajstić information content (AvgIpc) is 2.14. The number of hydrogen-bond acceptors (Lipinski definition) is 2. The fourth-order valence-electron chi connectivity index (χ4n) is 1.05. The van der Waals surface area contributed by atoms with Crippen molar-refractivity contribution >= 4 is 22.9 Å². The van der Waals surface area contributed by atoms with E-state index >= 15 is 0 Å². The van der Waals surface area contributed by atoms with Crippen molar-refractivity contribution in [1.82, 2.24) is 0 Å². The molecule has 0 aliphatic rings. The van der Waals surface area contributed by atoms with E-state index in [9.17, 15) is 13.2 Å². The van der Waals surface area contributed by atoms with Crippen LogP contribution in [0.3, 0.4) is 0 Å². The molecule has 0 aromatic heterocycles. The van der Waals surface area contributed by atoms with Gasteiger partial charge in [-0.05, 0) is 12.1 Å². The van der Waals surface area contributed by atoms with Crippen LogP contribution in [0.2, 0.25) is 0 Å². The highest BCUT2D eigenvalue weighted by Crippen LogP contribution is 2.19. The molecule has 0 spiro atoms. The first kappa shape index (κ1) is 11.8. The molecule has 0 aliphatic heterocycles. The number of nitrogens with two attached hydrogens (primary N) is 1. The SMILES string of the molecule is NC(=S)c1ccccc1NCC(F)(F)F. The van der Waals surface area contributed by atoms with Crippen molar-refractivity contribution in [3.05, 3.63) is 29.8 Å². The van der Waals surface area contributed by atoms with Gasteiger partial charge in [-0.3, -0.25) is 0 Å². The third kappa shape index (κ3) is 3.75. The van der Waals surface area contributed by atoms with E-state index in [4.69, 9.17) is 18.0 Å². The van der Waals surface area contributed by atoms with Gasteiger partial charge in [0.05, 0.1) is 0 Å². The third-order valence-corrected chi connectivity index (χ3v) is 1.89. The number of halogens is 3. The molecule has 3 N–H and O–H groups in total. The molecule has 82 valence electrons. The zero-order chi connectivity index (χ0) is 11.5. The van der Waals surface area contributed by atoms with Crippen molar-refractivity contribution in [2.45, 2.75) is 6.18 Å². The Kier molecular flexibility index (Phi) is 3.52. The Morgan fingerprint density at radius 1 is 1.33 bits per heavy atom. The summed E-state index contributed by atoms with van der Waals surface area (Å²) in [6.07, 6.45) is -4.26. The van der Waals surface area contributed by atoms with E-state index in [0.717, 1.165) is 0 Å². The predicted octanol–water partition coefficient (Wildman–Crippen LogP) is 2.29. The summed E-state index contributed by atoms with van der Waals surface area (Å²) >= 11 is 4.71. The molecule has 0 aliphatic carbocycles. The molecule has 1 aromatic rings. The number of nitrogens with one attached hydrogen (secondary N) is 1. The molecule has 0 heterocycles. The number of para-hydroxylation sites is 1. The van der Waals surface area contributed by atoms with Gasteiger partial charge in [0, 0.05) is 11.3 Å². The zero-order valence-electron chi connectivity index (χ0n) is 7.64. The second kappa shape index (κ2) is 4.48. The fraction of sp³-hybridized carbons (Fsp3) is 0.222. The first-order chi connectivity index (χ1) is 6.90. The molecule has 0 fully saturated rings. The Morgan fingerprint density at radius 2 is 1.93 bits per heavy atom. The highest BCUT2D eigenvalue weighted by atomic mass is 32.1. The Labute approximate surface area is 90.3 Å². The van der Waals surface area contributed by atoms with Crippen LogP contribution in [0.15, 0.2) is 24.3 Å². The van der Waals surface area contributed by atoms with Crippen LogP contribution in [0, 0.1) is 0 Å². The van der Waals surface area contributed by atoms with Gasteiger partial charge in [-0.1, -0.05) is 24.4 Å². The largest absolute Gasteiger partial charge is 0.405 e. The minimum atomic E-state index is -4.26. The summed E-state index contributed by atoms with van der Waals surface area (Å²) in [6.45, 7) is -1.10. The lowest BCUT2D eigenvalue weighted by Crippen LogP contribution is -2.23. The van der Waals surface area contributed by atoms with Crippen molar-refractivity contribution in [1.29, 1.82) is 0 Å². The number of rotatable bonds is 3. The lowest BCUT2D eigenvalue weighted by Gasteiger charge is -2.12. The molecule has 1 rings (SSSR count). The highest BCUT2D eigenvalue weighted by Gasteiger charge is 2.26. The van der Waals surface area contributed by atoms with Crippen LogP contribution < -0.4 is 11.1 Å². The van der Waals surface area contributed by atoms with E-state index in [2.05, 4.69) is 5.32 Å². The lowest BCUT2D eigenvalue weighted by molar-refractivity contribution is -0.115. The third-order valence-electron chi connectivity index (χ3n) is 1.67. The summed E-state index contributed by atoms with van der Waals surface area (Å²) in [6, 6.07) is 6.34. The molecule has 0 saturated carbocycles. The highest BCUT2D eigenvalue weighted by molar-refractivity contribution is 7.80. The Morgan fingerprint density at radius 3 is 2.47 bits per heavy atom. The van der Waals surface area contributed by atoms with E-state index in [-0.39, 0.29) is 4.99 Å². The smallest absolute Gasteiger partial charge is 0.389 e. The summed E-state index contributed by atoms with van der Waals surface area (Å²) in [5, 5.41) is 2.24. The standard InChI is InChI=1S/C9H9F3N2S/c10-9(11,12)5-14-7-4-2-1-3-6(7)8(13)15/h1-4,14H,5H2,(H2,13,15). The summed E-state index contributed by atoms with van der Waals surface area (Å²) in [7, 11) is 0. The summed E-state index contributed by atoms with van der Waals surface area (Å²) in [5.41, 5.74) is 6.07. The summed E-state index contributed by atoms with van der Waals surface area (Å²) in [4.78, 5) is 0.0697. The normalized spacial score (nSPS) is 11.1. The minimum Gasteiger partial charge on any atom is -0.389 e. The first-order valence-corrected chi connectivity index (χ1v) is 4.50. The van der Waals surface area contributed by atoms with Crippen LogP contribution in [-0.2, 0) is 0 Å². The Bertz CT molecular complexity index is 363. The van der Waals surface area contributed by atoms with Gasteiger partial charge in [0.15, 0.2) is 0 Å². The van der Waals surface area contributed by atoms with Crippen LogP contribution in [0.25, 0.3) is 0 Å². The number of thiocarbonyl (C=S) groups is 1. The maximum Gasteiger partial charge on any atom is 0.405 e. The second-order valence-corrected chi connectivity index (χ2v) is 3.32. The molecule has 0 amide bonds. The van der Waals surface area contributed by atoms with Crippen molar-refractivity contribution in [3.63, 3.8) is 0 Å². The van der Waals surface area contributed by atoms with Gasteiger partial charge in [-0.2, -0.15) is 13.2 Å². The van der Waals surface area contributed by atoms with Crippen LogP contribution in [-0.4, -0.2) is 17.7 Å². The van der Waals surface area contributed by atoms with E-state index < -0.39 is 12.7 Å². The molecule has 0 radical (unpaired) electrons. The molecule has 1 aromatic carbocycles. The number of hydrogen-bond donors (Lipinski definition) is 2. The van der Waals surface area contributed by atoms with Crippen molar-refractivity contribution in [2.24, 2.45) is 5.73 Å². The molecule has 0 unspecified atom stereocenters. The monoisotopic (exact) mass is 234 g/mol. The molecule has 0 atom stereocenters. The van der Waals surface area contributed by atoms with E-state index in [0.29, 0.717) is 11.3 Å². The van der Waals surface area contributed by atoms with Gasteiger partial charge >= 0.3 is 6.18 Å². The van der Waals surface area contributed by atoms with Crippen molar-refractivity contribution in [2.75, 3.05) is 11.9 Å². The van der Waals surface area contributed by atoms with E-state index in [1.807, 2.05) is 0 Å². The number of alkyl halides is 3. The summed E-state index contributed by atoms with van der Waals surface area (Å²) in [5.74, 6) is 0. The second-order valence-electron chi connectivity index (χ2n) is 2.88. The molecule has 6 heteroatoms. The number of benzene rings is 1. The number of anilines is 1. The summed E-state index contributed by atoms with van der Waals surface area (Å²) < 4.78 is 35.8. The molecular weight excluding hydrogens is 225 g/mol. The van der Waals surface area contributed by atoms with Crippen LogP contribution in [0.4, 0.5) is 18.9 Å². The lowest BCUT2D eigenvalue weighted by atomic mass is 10.2. The maximum atomic E-state index is 11.9. The van der Waals surface area contributed by atoms with Gasteiger partial charge in [0.25, 0.3) is 0 Å². The van der Waals surface area contributed by atoms with Crippen LogP contribution in [0.5, 0.6) is 0 Å². The van der Waals surface area contributed by atoms with Gasteiger partial charge in [-0.25, -0.2) is 0 Å². The van der Waals surface area contributed by atoms with E-state index in [1.165, 1.54) is 6.07 Å². The van der Waals surface area contributed by atoms with Gasteiger partial charge in [0.1, 0.15) is 11.5 Å². The quantitative estimate of drug-likeness (QED) is 0.788. The molecule has 0 saturated heterocycles. The first-order valence-electron chi connectivity index (χ1n) is 4.09. The molecule has 2 nitrogen and oxygen atoms in total. The van der Waals surface area contributed by atoms with Crippen molar-refractivity contribution < 1.29 is 13.2 Å². The molecule has 0 bridgehead atoms. The van der Waals surface area contributed by atoms with Gasteiger partial charge < -0.3 is 11.1 Å². The topological polar surface area (TPSA) is 38.0 Å². The Balaban J connectivity index is 2.81. The average molecular weight is 234 g/mol. The predicted molar refractivity (Wildman–Crippen MR) is 56.9 cm³/mol. The van der Waals surface area contributed by atoms with Gasteiger partial charge in [-0.15, -0.1) is 0 Å². The minimum absolute atomic E-state index is 0.0697. The van der Waals surface area contributed by atoms with Crippen LogP contribution in [0.1, 0.15) is 5.56 Å². The maximum absolute atomic E-state index is 11.9. The van der Waals surface area contributed by atoms with Gasteiger partial charge in [0.2, 0.25) is 0 Å². The molecule has 15 heavy (non-hydrogen) atoms. The van der Waals surface area contributed by atoms with Crippen molar-refractivity contribution in [3.8, 4) is 0 Å².